The number of carbonyl (C=O) groups is 2. The fourth-order valence-electron chi connectivity index (χ4n) is 9.36. The number of benzene rings is 1. The van der Waals surface area contributed by atoms with Crippen LogP contribution in [-0.2, 0) is 9.59 Å². The van der Waals surface area contributed by atoms with Gasteiger partial charge in [-0.3, -0.25) is 24.7 Å². The molecule has 1 N–H and O–H groups in total. The molecule has 4 aliphatic rings. The molecule has 2 atom stereocenters. The van der Waals surface area contributed by atoms with Crippen molar-refractivity contribution in [3.63, 3.8) is 0 Å². The van der Waals surface area contributed by atoms with Crippen LogP contribution in [0.3, 0.4) is 0 Å². The zero-order valence-corrected chi connectivity index (χ0v) is 27.4. The fraction of sp³-hybridized carbons (Fsp3) is 0.694. The number of hydrogen-bond acceptors (Lipinski definition) is 6. The molecule has 2 amide bonds. The van der Waals surface area contributed by atoms with E-state index in [0.29, 0.717) is 24.8 Å². The number of non-ortho nitro benzene ring substituents is 1. The van der Waals surface area contributed by atoms with Gasteiger partial charge in [0.1, 0.15) is 0 Å². The van der Waals surface area contributed by atoms with Crippen molar-refractivity contribution in [1.82, 2.24) is 15.1 Å². The number of allylic oxidation sites excluding steroid dienone is 1. The summed E-state index contributed by atoms with van der Waals surface area (Å²) < 4.78 is 0. The molecular formula is C36H53N5O4. The van der Waals surface area contributed by atoms with Gasteiger partial charge in [-0.1, -0.05) is 57.6 Å². The molecule has 0 radical (unpaired) electrons. The second kappa shape index (κ2) is 15.5. The van der Waals surface area contributed by atoms with Gasteiger partial charge in [-0.25, -0.2) is 0 Å². The van der Waals surface area contributed by atoms with Gasteiger partial charge in [0.2, 0.25) is 12.8 Å². The highest BCUT2D eigenvalue weighted by Gasteiger charge is 2.47. The Hall–Kier alpha value is -3.07. The molecule has 3 fully saturated rings. The van der Waals surface area contributed by atoms with Crippen LogP contribution in [0.15, 0.2) is 40.7 Å². The highest BCUT2D eigenvalue weighted by Crippen LogP contribution is 2.54. The average Bonchev–Trinajstić information content (AvgIpc) is 3.08. The molecular weight excluding hydrogens is 566 g/mol. The Kier molecular flexibility index (Phi) is 11.5. The third-order valence-corrected chi connectivity index (χ3v) is 11.7. The molecule has 246 valence electrons. The quantitative estimate of drug-likeness (QED) is 0.146. The number of amides is 2. The summed E-state index contributed by atoms with van der Waals surface area (Å²) in [7, 11) is 0. The van der Waals surface area contributed by atoms with Gasteiger partial charge in [-0.05, 0) is 101 Å². The van der Waals surface area contributed by atoms with Gasteiger partial charge in [0, 0.05) is 24.4 Å². The first-order valence-corrected chi connectivity index (χ1v) is 17.6. The summed E-state index contributed by atoms with van der Waals surface area (Å²) in [6.07, 6.45) is 19.9. The van der Waals surface area contributed by atoms with E-state index in [2.05, 4.69) is 10.2 Å². The molecule has 0 aromatic heterocycles. The van der Waals surface area contributed by atoms with Crippen LogP contribution in [0.5, 0.6) is 0 Å². The van der Waals surface area contributed by atoms with Crippen LogP contribution < -0.4 is 5.32 Å². The number of likely N-dealkylation sites (tertiary alicyclic amines) is 1. The number of nitro groups is 1. The largest absolute Gasteiger partial charge is 0.350 e. The smallest absolute Gasteiger partial charge is 0.269 e. The molecule has 2 saturated carbocycles. The second-order valence-electron chi connectivity index (χ2n) is 13.9. The first kappa shape index (κ1) is 33.3. The van der Waals surface area contributed by atoms with Crippen molar-refractivity contribution >= 4 is 24.2 Å². The molecule has 1 aromatic rings. The van der Waals surface area contributed by atoms with E-state index in [1.807, 2.05) is 13.8 Å². The molecule has 9 heteroatoms. The van der Waals surface area contributed by atoms with E-state index in [0.717, 1.165) is 67.0 Å². The van der Waals surface area contributed by atoms with Crippen molar-refractivity contribution in [2.75, 3.05) is 26.2 Å². The van der Waals surface area contributed by atoms with E-state index in [-0.39, 0.29) is 11.6 Å². The molecule has 0 spiro atoms. The summed E-state index contributed by atoms with van der Waals surface area (Å²) in [6.45, 7) is 7.71. The molecule has 2 heterocycles. The highest BCUT2D eigenvalue weighted by molar-refractivity contribution is 5.92. The molecule has 0 bridgehead atoms. The van der Waals surface area contributed by atoms with Gasteiger partial charge in [-0.15, -0.1) is 0 Å². The van der Waals surface area contributed by atoms with Crippen LogP contribution in [0.2, 0.25) is 0 Å². The van der Waals surface area contributed by atoms with Gasteiger partial charge in [0.05, 0.1) is 28.3 Å². The van der Waals surface area contributed by atoms with Crippen molar-refractivity contribution < 1.29 is 14.5 Å². The van der Waals surface area contributed by atoms with E-state index in [4.69, 9.17) is 4.99 Å². The maximum absolute atomic E-state index is 12.7. The Morgan fingerprint density at radius 3 is 2.11 bits per heavy atom. The van der Waals surface area contributed by atoms with Crippen LogP contribution in [0.1, 0.15) is 115 Å². The zero-order valence-electron chi connectivity index (χ0n) is 27.4. The Morgan fingerprint density at radius 1 is 1.00 bits per heavy atom. The van der Waals surface area contributed by atoms with Crippen molar-refractivity contribution in [2.45, 2.75) is 116 Å². The third kappa shape index (κ3) is 7.34. The number of rotatable bonds is 13. The summed E-state index contributed by atoms with van der Waals surface area (Å²) in [5, 5.41) is 14.2. The van der Waals surface area contributed by atoms with E-state index < -0.39 is 11.0 Å². The normalized spacial score (nSPS) is 25.0. The van der Waals surface area contributed by atoms with Crippen LogP contribution in [0, 0.1) is 27.4 Å². The van der Waals surface area contributed by atoms with Crippen LogP contribution in [-0.4, -0.2) is 65.5 Å². The predicted octanol–water partition coefficient (Wildman–Crippen LogP) is 6.98. The number of hydrogen-bond donors (Lipinski definition) is 1. The molecule has 2 unspecified atom stereocenters. The summed E-state index contributed by atoms with van der Waals surface area (Å²) in [5.41, 5.74) is 3.69. The minimum atomic E-state index is -0.452. The van der Waals surface area contributed by atoms with Gasteiger partial charge < -0.3 is 15.1 Å². The predicted molar refractivity (Wildman–Crippen MR) is 178 cm³/mol. The van der Waals surface area contributed by atoms with Crippen LogP contribution in [0.4, 0.5) is 5.69 Å². The number of piperidine rings is 1. The molecule has 1 saturated heterocycles. The molecule has 1 aromatic carbocycles. The number of carbonyl (C=O) groups excluding carboxylic acids is 2. The minimum Gasteiger partial charge on any atom is -0.350 e. The molecule has 2 aliphatic heterocycles. The highest BCUT2D eigenvalue weighted by atomic mass is 16.6. The Balaban J connectivity index is 1.29. The lowest BCUT2D eigenvalue weighted by molar-refractivity contribution is -0.384. The van der Waals surface area contributed by atoms with Gasteiger partial charge >= 0.3 is 0 Å². The Morgan fingerprint density at radius 2 is 1.60 bits per heavy atom. The average molecular weight is 620 g/mol. The van der Waals surface area contributed by atoms with E-state index >= 15 is 0 Å². The summed E-state index contributed by atoms with van der Waals surface area (Å²) in [5.74, 6) is 1.43. The van der Waals surface area contributed by atoms with Gasteiger partial charge in [-0.2, -0.15) is 0 Å². The first-order valence-electron chi connectivity index (χ1n) is 17.6. The number of aliphatic imine (C=N–C) groups is 1. The van der Waals surface area contributed by atoms with E-state index in [1.54, 1.807) is 17.0 Å². The lowest BCUT2D eigenvalue weighted by Gasteiger charge is -2.53. The van der Waals surface area contributed by atoms with Crippen LogP contribution in [0.25, 0.3) is 0 Å². The zero-order chi connectivity index (χ0) is 31.8. The number of nitrogens with one attached hydrogen (secondary N) is 1. The third-order valence-electron chi connectivity index (χ3n) is 11.7. The lowest BCUT2D eigenvalue weighted by Crippen LogP contribution is -2.49. The standard InChI is InChI=1S/C36H53N5O4/c1-3-32-35(33(34(37-25-42)27(2)38-32)28-15-17-31(18-16-28)41(44)45)40(26-43)22-10-21-39-23-19-36(20-24-39,29-11-6-4-7-12-29)30-13-8-5-9-14-30/h15-18,25-26,29-30,33-34H,3-14,19-24H2,1-2H3,(H,37,42). The topological polar surface area (TPSA) is 108 Å². The molecule has 9 nitrogen and oxygen atoms in total. The fourth-order valence-corrected chi connectivity index (χ4v) is 9.36. The lowest BCUT2D eigenvalue weighted by atomic mass is 9.55. The summed E-state index contributed by atoms with van der Waals surface area (Å²) >= 11 is 0. The second-order valence-corrected chi connectivity index (χ2v) is 13.9. The van der Waals surface area contributed by atoms with Gasteiger partial charge in [0.15, 0.2) is 0 Å². The Labute approximate surface area is 269 Å². The maximum Gasteiger partial charge on any atom is 0.269 e. The molecule has 2 aliphatic carbocycles. The van der Waals surface area contributed by atoms with Crippen molar-refractivity contribution in [2.24, 2.45) is 22.2 Å². The molecule has 45 heavy (non-hydrogen) atoms. The Bertz CT molecular complexity index is 1200. The first-order chi connectivity index (χ1) is 21.9. The van der Waals surface area contributed by atoms with E-state index in [1.165, 1.54) is 89.2 Å². The summed E-state index contributed by atoms with van der Waals surface area (Å²) in [6, 6.07) is 5.98. The minimum absolute atomic E-state index is 0.00542. The van der Waals surface area contributed by atoms with Crippen molar-refractivity contribution in [1.29, 1.82) is 0 Å². The van der Waals surface area contributed by atoms with Crippen LogP contribution >= 0.6 is 0 Å². The number of nitrogens with zero attached hydrogens (tertiary/aromatic N) is 4. The van der Waals surface area contributed by atoms with Crippen molar-refractivity contribution in [3.8, 4) is 0 Å². The summed E-state index contributed by atoms with van der Waals surface area (Å²) in [4.78, 5) is 44.5. The van der Waals surface area contributed by atoms with Crippen molar-refractivity contribution in [3.05, 3.63) is 51.3 Å². The SMILES string of the molecule is CCC1=C(N(C=O)CCCN2CCC(C3CCCCC3)(C3CCCCC3)CC2)C(c2ccc([N+](=O)[O-])cc2)C(NC=O)C(C)=N1. The number of nitro benzene ring substituents is 1. The van der Waals surface area contributed by atoms with Gasteiger partial charge in [0.25, 0.3) is 5.69 Å². The monoisotopic (exact) mass is 619 g/mol. The maximum atomic E-state index is 12.7. The van der Waals surface area contributed by atoms with E-state index in [9.17, 15) is 19.7 Å². The molecule has 5 rings (SSSR count).